The third kappa shape index (κ3) is 3.61. The van der Waals surface area contributed by atoms with Crippen LogP contribution >= 0.6 is 0 Å². The summed E-state index contributed by atoms with van der Waals surface area (Å²) in [5.74, 6) is 0.975. The van der Waals surface area contributed by atoms with Crippen molar-refractivity contribution >= 4 is 0 Å². The molecule has 110 valence electrons. The predicted molar refractivity (Wildman–Crippen MR) is 81.8 cm³/mol. The van der Waals surface area contributed by atoms with Gasteiger partial charge in [-0.05, 0) is 55.8 Å². The molecule has 0 aromatic heterocycles. The van der Waals surface area contributed by atoms with Gasteiger partial charge in [0.05, 0.1) is 0 Å². The highest BCUT2D eigenvalue weighted by Gasteiger charge is 2.26. The number of halogens is 1. The minimum absolute atomic E-state index is 0.0266. The number of benzene rings is 2. The smallest absolute Gasteiger partial charge is 0.127 e. The molecule has 1 aliphatic rings. The number of rotatable bonds is 4. The summed E-state index contributed by atoms with van der Waals surface area (Å²) in [5.41, 5.74) is 1.19. The van der Waals surface area contributed by atoms with Gasteiger partial charge in [-0.3, -0.25) is 0 Å². The van der Waals surface area contributed by atoms with E-state index in [0.717, 1.165) is 31.7 Å². The first kappa shape index (κ1) is 14.1. The molecule has 1 heterocycles. The Labute approximate surface area is 125 Å². The van der Waals surface area contributed by atoms with E-state index in [0.29, 0.717) is 5.92 Å². The second-order valence-electron chi connectivity index (χ2n) is 5.49. The third-order valence-corrected chi connectivity index (χ3v) is 4.02. The first-order chi connectivity index (χ1) is 10.3. The summed E-state index contributed by atoms with van der Waals surface area (Å²) in [6.07, 6.45) is 2.22. The number of piperidine rings is 1. The van der Waals surface area contributed by atoms with Crippen LogP contribution in [0.2, 0.25) is 0 Å². The molecule has 0 spiro atoms. The van der Waals surface area contributed by atoms with E-state index in [1.54, 1.807) is 12.1 Å². The fourth-order valence-corrected chi connectivity index (χ4v) is 2.89. The molecule has 3 rings (SSSR count). The molecule has 2 aromatic rings. The molecule has 1 N–H and O–H groups in total. The standard InChI is InChI=1S/C18H20FNO/c19-16-6-8-17(9-7-16)21-18(14-4-2-1-3-5-14)15-10-12-20-13-11-15/h1-9,15,18,20H,10-13H2/i19-1. The van der Waals surface area contributed by atoms with Crippen LogP contribution < -0.4 is 10.1 Å². The van der Waals surface area contributed by atoms with E-state index in [2.05, 4.69) is 17.4 Å². The molecule has 1 fully saturated rings. The van der Waals surface area contributed by atoms with Crippen LogP contribution in [0.5, 0.6) is 5.75 Å². The summed E-state index contributed by atoms with van der Waals surface area (Å²) in [4.78, 5) is 0. The summed E-state index contributed by atoms with van der Waals surface area (Å²) in [6, 6.07) is 16.6. The van der Waals surface area contributed by atoms with Crippen molar-refractivity contribution < 1.29 is 9.13 Å². The second-order valence-corrected chi connectivity index (χ2v) is 5.49. The van der Waals surface area contributed by atoms with E-state index in [4.69, 9.17) is 4.74 Å². The highest BCUT2D eigenvalue weighted by atomic mass is 18.2. The van der Waals surface area contributed by atoms with Gasteiger partial charge in [0.2, 0.25) is 0 Å². The number of hydrogen-bond donors (Lipinski definition) is 1. The quantitative estimate of drug-likeness (QED) is 0.918. The van der Waals surface area contributed by atoms with Gasteiger partial charge < -0.3 is 10.1 Å². The van der Waals surface area contributed by atoms with Gasteiger partial charge in [-0.2, -0.15) is 0 Å². The summed E-state index contributed by atoms with van der Waals surface area (Å²) < 4.78 is 19.2. The number of ether oxygens (including phenoxy) is 1. The van der Waals surface area contributed by atoms with Crippen LogP contribution in [0.15, 0.2) is 54.6 Å². The van der Waals surface area contributed by atoms with Gasteiger partial charge in [-0.1, -0.05) is 30.3 Å². The molecule has 2 aromatic carbocycles. The van der Waals surface area contributed by atoms with Gasteiger partial charge in [0.1, 0.15) is 17.7 Å². The molecule has 0 aliphatic carbocycles. The maximum Gasteiger partial charge on any atom is 0.127 e. The average Bonchev–Trinajstić information content (AvgIpc) is 2.56. The Hall–Kier alpha value is -1.87. The van der Waals surface area contributed by atoms with Crippen molar-refractivity contribution in [2.24, 2.45) is 5.92 Å². The zero-order valence-corrected chi connectivity index (χ0v) is 12.0. The van der Waals surface area contributed by atoms with E-state index in [1.807, 2.05) is 18.2 Å². The summed E-state index contributed by atoms with van der Waals surface area (Å²) in [7, 11) is 0. The van der Waals surface area contributed by atoms with Crippen molar-refractivity contribution in [3.05, 3.63) is 66.0 Å². The Morgan fingerprint density at radius 3 is 2.29 bits per heavy atom. The molecule has 1 saturated heterocycles. The van der Waals surface area contributed by atoms with Crippen LogP contribution in [0.3, 0.4) is 0 Å². The van der Waals surface area contributed by atoms with Gasteiger partial charge in [0.15, 0.2) is 0 Å². The third-order valence-electron chi connectivity index (χ3n) is 4.02. The first-order valence-electron chi connectivity index (χ1n) is 7.51. The van der Waals surface area contributed by atoms with Crippen LogP contribution in [0.1, 0.15) is 24.5 Å². The monoisotopic (exact) mass is 284 g/mol. The van der Waals surface area contributed by atoms with Crippen LogP contribution in [0.4, 0.5) is 4.39 Å². The van der Waals surface area contributed by atoms with E-state index >= 15 is 0 Å². The van der Waals surface area contributed by atoms with Crippen molar-refractivity contribution in [3.63, 3.8) is 0 Å². The topological polar surface area (TPSA) is 21.3 Å². The maximum absolute atomic E-state index is 13.0. The molecule has 21 heavy (non-hydrogen) atoms. The highest BCUT2D eigenvalue weighted by molar-refractivity contribution is 5.25. The summed E-state index contributed by atoms with van der Waals surface area (Å²) in [6.45, 7) is 2.06. The Morgan fingerprint density at radius 1 is 0.952 bits per heavy atom. The van der Waals surface area contributed by atoms with Crippen LogP contribution in [0, 0.1) is 11.7 Å². The largest absolute Gasteiger partial charge is 0.485 e. The Morgan fingerprint density at radius 2 is 1.62 bits per heavy atom. The molecule has 0 bridgehead atoms. The molecule has 1 unspecified atom stereocenters. The molecular weight excluding hydrogens is 264 g/mol. The minimum atomic E-state index is -0.236. The van der Waals surface area contributed by atoms with Crippen molar-refractivity contribution in [3.8, 4) is 5.75 Å². The predicted octanol–water partition coefficient (Wildman–Crippen LogP) is 3.95. The van der Waals surface area contributed by atoms with E-state index < -0.39 is 0 Å². The van der Waals surface area contributed by atoms with Gasteiger partial charge in [0.25, 0.3) is 0 Å². The number of nitrogens with one attached hydrogen (secondary N) is 1. The molecule has 1 atom stereocenters. The first-order valence-corrected chi connectivity index (χ1v) is 7.51. The lowest BCUT2D eigenvalue weighted by Gasteiger charge is -2.31. The zero-order chi connectivity index (χ0) is 14.5. The van der Waals surface area contributed by atoms with E-state index in [-0.39, 0.29) is 11.9 Å². The Bertz CT molecular complexity index is 549. The summed E-state index contributed by atoms with van der Waals surface area (Å²) in [5, 5.41) is 3.39. The zero-order valence-electron chi connectivity index (χ0n) is 12.0. The summed E-state index contributed by atoms with van der Waals surface area (Å²) >= 11 is 0. The van der Waals surface area contributed by atoms with Gasteiger partial charge in [-0.25, -0.2) is 4.39 Å². The Kier molecular flexibility index (Phi) is 4.51. The van der Waals surface area contributed by atoms with Crippen LogP contribution in [-0.4, -0.2) is 13.1 Å². The lowest BCUT2D eigenvalue weighted by molar-refractivity contribution is 0.112. The van der Waals surface area contributed by atoms with Crippen LogP contribution in [-0.2, 0) is 0 Å². The fraction of sp³-hybridized carbons (Fsp3) is 0.333. The maximum atomic E-state index is 13.0. The lowest BCUT2D eigenvalue weighted by atomic mass is 9.88. The molecule has 1 aliphatic heterocycles. The highest BCUT2D eigenvalue weighted by Crippen LogP contribution is 2.33. The average molecular weight is 284 g/mol. The van der Waals surface area contributed by atoms with Crippen molar-refractivity contribution in [2.75, 3.05) is 13.1 Å². The van der Waals surface area contributed by atoms with Crippen molar-refractivity contribution in [2.45, 2.75) is 18.9 Å². The molecule has 0 amide bonds. The van der Waals surface area contributed by atoms with Gasteiger partial charge in [0, 0.05) is 5.92 Å². The van der Waals surface area contributed by atoms with E-state index in [9.17, 15) is 4.39 Å². The van der Waals surface area contributed by atoms with Gasteiger partial charge in [-0.15, -0.1) is 0 Å². The molecule has 3 heteroatoms. The van der Waals surface area contributed by atoms with Crippen molar-refractivity contribution in [1.29, 1.82) is 0 Å². The SMILES string of the molecule is [18F]c1ccc(OC(c2ccccc2)C2CCNCC2)cc1. The van der Waals surface area contributed by atoms with Crippen LogP contribution in [0.25, 0.3) is 0 Å². The fourth-order valence-electron chi connectivity index (χ4n) is 2.89. The van der Waals surface area contributed by atoms with Gasteiger partial charge >= 0.3 is 0 Å². The normalized spacial score (nSPS) is 17.4. The Balaban J connectivity index is 1.83. The minimum Gasteiger partial charge on any atom is -0.485 e. The molecular formula is C18H20FNO. The molecule has 0 radical (unpaired) electrons. The lowest BCUT2D eigenvalue weighted by Crippen LogP contribution is -2.32. The molecule has 0 saturated carbocycles. The number of hydrogen-bond acceptors (Lipinski definition) is 2. The second kappa shape index (κ2) is 6.72. The molecule has 2 nitrogen and oxygen atoms in total. The van der Waals surface area contributed by atoms with Crippen molar-refractivity contribution in [1.82, 2.24) is 5.32 Å². The van der Waals surface area contributed by atoms with E-state index in [1.165, 1.54) is 17.7 Å².